The third kappa shape index (κ3) is 10.9. The topological polar surface area (TPSA) is 89.5 Å². The fourth-order valence-electron chi connectivity index (χ4n) is 2.64. The molecule has 0 radical (unpaired) electrons. The standard InChI is InChI=1S/C17H35N3O5S/c1-4-18-17(19-8-13-24-14-15-26(3,21)22)20-9-6-16(7-10-20)25-12-5-11-23-2/h16H,4-15H2,1-3H3,(H,18,19). The predicted octanol–water partition coefficient (Wildman–Crippen LogP) is 0.531. The zero-order valence-corrected chi connectivity index (χ0v) is 17.2. The van der Waals surface area contributed by atoms with Gasteiger partial charge in [0.2, 0.25) is 0 Å². The van der Waals surface area contributed by atoms with Crippen molar-refractivity contribution in [1.29, 1.82) is 0 Å². The number of sulfone groups is 1. The molecule has 1 aliphatic rings. The third-order valence-corrected chi connectivity index (χ3v) is 4.93. The maximum Gasteiger partial charge on any atom is 0.193 e. The summed E-state index contributed by atoms with van der Waals surface area (Å²) in [6, 6.07) is 0. The first-order valence-corrected chi connectivity index (χ1v) is 11.4. The smallest absolute Gasteiger partial charge is 0.193 e. The normalized spacial score (nSPS) is 16.9. The third-order valence-electron chi connectivity index (χ3n) is 4.02. The molecule has 9 heteroatoms. The highest BCUT2D eigenvalue weighted by molar-refractivity contribution is 7.90. The van der Waals surface area contributed by atoms with Crippen LogP contribution in [0.4, 0.5) is 0 Å². The first-order chi connectivity index (χ1) is 12.5. The number of piperidine rings is 1. The summed E-state index contributed by atoms with van der Waals surface area (Å²) < 4.78 is 38.4. The zero-order chi connectivity index (χ0) is 19.3. The minimum atomic E-state index is -2.97. The summed E-state index contributed by atoms with van der Waals surface area (Å²) in [5.74, 6) is 0.936. The fourth-order valence-corrected chi connectivity index (χ4v) is 3.06. The second-order valence-electron chi connectivity index (χ2n) is 6.38. The number of methoxy groups -OCH3 is 1. The van der Waals surface area contributed by atoms with Gasteiger partial charge in [0.05, 0.1) is 31.6 Å². The number of hydrogen-bond acceptors (Lipinski definition) is 6. The Balaban J connectivity index is 2.29. The molecule has 1 aliphatic heterocycles. The summed E-state index contributed by atoms with van der Waals surface area (Å²) in [4.78, 5) is 6.83. The molecule has 1 fully saturated rings. The molecule has 0 aromatic rings. The van der Waals surface area contributed by atoms with E-state index >= 15 is 0 Å². The lowest BCUT2D eigenvalue weighted by Gasteiger charge is -2.34. The van der Waals surface area contributed by atoms with Gasteiger partial charge in [-0.3, -0.25) is 4.99 Å². The monoisotopic (exact) mass is 393 g/mol. The molecule has 154 valence electrons. The van der Waals surface area contributed by atoms with E-state index in [1.54, 1.807) is 7.11 Å². The first-order valence-electron chi connectivity index (χ1n) is 9.35. The number of ether oxygens (including phenoxy) is 3. The van der Waals surface area contributed by atoms with Gasteiger partial charge in [0.25, 0.3) is 0 Å². The molecule has 0 saturated carbocycles. The average Bonchev–Trinajstić information content (AvgIpc) is 2.60. The SMILES string of the molecule is CCNC(=NCCOCCS(C)(=O)=O)N1CCC(OCCCOC)CC1. The van der Waals surface area contributed by atoms with Crippen LogP contribution < -0.4 is 5.32 Å². The molecule has 1 heterocycles. The van der Waals surface area contributed by atoms with Gasteiger partial charge < -0.3 is 24.4 Å². The second-order valence-corrected chi connectivity index (χ2v) is 8.64. The van der Waals surface area contributed by atoms with E-state index in [-0.39, 0.29) is 12.4 Å². The Labute approximate surface area is 158 Å². The maximum atomic E-state index is 11.0. The van der Waals surface area contributed by atoms with Crippen LogP contribution in [0.3, 0.4) is 0 Å². The summed E-state index contributed by atoms with van der Waals surface area (Å²) in [6.07, 6.45) is 4.43. The summed E-state index contributed by atoms with van der Waals surface area (Å²) >= 11 is 0. The fraction of sp³-hybridized carbons (Fsp3) is 0.941. The molecule has 1 N–H and O–H groups in total. The molecular weight excluding hydrogens is 358 g/mol. The molecule has 8 nitrogen and oxygen atoms in total. The molecule has 0 aromatic heterocycles. The van der Waals surface area contributed by atoms with Crippen LogP contribution in [0, 0.1) is 0 Å². The van der Waals surface area contributed by atoms with Crippen molar-refractivity contribution in [3.63, 3.8) is 0 Å². The van der Waals surface area contributed by atoms with E-state index in [9.17, 15) is 8.42 Å². The van der Waals surface area contributed by atoms with Gasteiger partial charge in [0.1, 0.15) is 9.84 Å². The van der Waals surface area contributed by atoms with Crippen LogP contribution in [0.25, 0.3) is 0 Å². The summed E-state index contributed by atoms with van der Waals surface area (Å²) in [5, 5.41) is 3.31. The zero-order valence-electron chi connectivity index (χ0n) is 16.4. The van der Waals surface area contributed by atoms with E-state index in [0.29, 0.717) is 19.3 Å². The number of likely N-dealkylation sites (tertiary alicyclic amines) is 1. The van der Waals surface area contributed by atoms with Crippen LogP contribution in [-0.4, -0.2) is 97.1 Å². The van der Waals surface area contributed by atoms with Gasteiger partial charge in [-0.05, 0) is 26.2 Å². The second kappa shape index (κ2) is 13.3. The quantitative estimate of drug-likeness (QED) is 0.294. The van der Waals surface area contributed by atoms with E-state index in [0.717, 1.165) is 58.1 Å². The number of aliphatic imine (C=N–C) groups is 1. The lowest BCUT2D eigenvalue weighted by Crippen LogP contribution is -2.47. The predicted molar refractivity (Wildman–Crippen MR) is 104 cm³/mol. The molecule has 26 heavy (non-hydrogen) atoms. The van der Waals surface area contributed by atoms with Crippen LogP contribution in [0.1, 0.15) is 26.2 Å². The van der Waals surface area contributed by atoms with Crippen LogP contribution in [-0.2, 0) is 24.0 Å². The highest BCUT2D eigenvalue weighted by Gasteiger charge is 2.21. The van der Waals surface area contributed by atoms with Gasteiger partial charge in [0, 0.05) is 46.2 Å². The van der Waals surface area contributed by atoms with E-state index in [1.807, 2.05) is 6.92 Å². The van der Waals surface area contributed by atoms with Crippen molar-refractivity contribution in [3.8, 4) is 0 Å². The van der Waals surface area contributed by atoms with Crippen LogP contribution in [0.5, 0.6) is 0 Å². The van der Waals surface area contributed by atoms with Crippen molar-refractivity contribution < 1.29 is 22.6 Å². The Morgan fingerprint density at radius 2 is 1.92 bits per heavy atom. The highest BCUT2D eigenvalue weighted by Crippen LogP contribution is 2.14. The van der Waals surface area contributed by atoms with Gasteiger partial charge in [-0.1, -0.05) is 0 Å². The number of hydrogen-bond donors (Lipinski definition) is 1. The van der Waals surface area contributed by atoms with Gasteiger partial charge in [-0.15, -0.1) is 0 Å². The van der Waals surface area contributed by atoms with Crippen molar-refractivity contribution >= 4 is 15.8 Å². The minimum Gasteiger partial charge on any atom is -0.385 e. The Morgan fingerprint density at radius 3 is 2.54 bits per heavy atom. The molecule has 0 bridgehead atoms. The Bertz CT molecular complexity index is 491. The average molecular weight is 394 g/mol. The van der Waals surface area contributed by atoms with Crippen molar-refractivity contribution in [2.75, 3.05) is 71.7 Å². The number of nitrogens with zero attached hydrogens (tertiary/aromatic N) is 2. The van der Waals surface area contributed by atoms with Crippen molar-refractivity contribution in [3.05, 3.63) is 0 Å². The van der Waals surface area contributed by atoms with Gasteiger partial charge in [-0.2, -0.15) is 0 Å². The van der Waals surface area contributed by atoms with Crippen LogP contribution >= 0.6 is 0 Å². The van der Waals surface area contributed by atoms with Crippen molar-refractivity contribution in [2.24, 2.45) is 4.99 Å². The number of rotatable bonds is 12. The molecular formula is C17H35N3O5S. The molecule has 0 aliphatic carbocycles. The minimum absolute atomic E-state index is 0.0503. The van der Waals surface area contributed by atoms with Crippen molar-refractivity contribution in [1.82, 2.24) is 10.2 Å². The van der Waals surface area contributed by atoms with Crippen LogP contribution in [0.15, 0.2) is 4.99 Å². The molecule has 1 saturated heterocycles. The molecule has 0 unspecified atom stereocenters. The molecule has 0 amide bonds. The van der Waals surface area contributed by atoms with E-state index in [1.165, 1.54) is 6.26 Å². The van der Waals surface area contributed by atoms with E-state index < -0.39 is 9.84 Å². The highest BCUT2D eigenvalue weighted by atomic mass is 32.2. The lowest BCUT2D eigenvalue weighted by molar-refractivity contribution is 0.00988. The Morgan fingerprint density at radius 1 is 1.19 bits per heavy atom. The molecule has 0 spiro atoms. The molecule has 0 aromatic carbocycles. The number of guanidine groups is 1. The van der Waals surface area contributed by atoms with Crippen LogP contribution in [0.2, 0.25) is 0 Å². The molecule has 0 atom stereocenters. The number of nitrogens with one attached hydrogen (secondary N) is 1. The van der Waals surface area contributed by atoms with Gasteiger partial charge in [-0.25, -0.2) is 8.42 Å². The largest absolute Gasteiger partial charge is 0.385 e. The lowest BCUT2D eigenvalue weighted by atomic mass is 10.1. The van der Waals surface area contributed by atoms with E-state index in [4.69, 9.17) is 14.2 Å². The Hall–Kier alpha value is -0.900. The maximum absolute atomic E-state index is 11.0. The van der Waals surface area contributed by atoms with Gasteiger partial charge >= 0.3 is 0 Å². The first kappa shape index (κ1) is 23.1. The van der Waals surface area contributed by atoms with Crippen molar-refractivity contribution in [2.45, 2.75) is 32.3 Å². The van der Waals surface area contributed by atoms with E-state index in [2.05, 4.69) is 15.2 Å². The summed E-state index contributed by atoms with van der Waals surface area (Å²) in [7, 11) is -1.26. The van der Waals surface area contributed by atoms with Gasteiger partial charge in [0.15, 0.2) is 5.96 Å². The summed E-state index contributed by atoms with van der Waals surface area (Å²) in [5.41, 5.74) is 0. The summed E-state index contributed by atoms with van der Waals surface area (Å²) in [6.45, 7) is 7.32. The molecule has 1 rings (SSSR count). The Kier molecular flexibility index (Phi) is 11.8.